The number of aryl methyl sites for hydroxylation is 1. The summed E-state index contributed by atoms with van der Waals surface area (Å²) in [6.07, 6.45) is 4.43. The maximum Gasteiger partial charge on any atom is 0.309 e. The van der Waals surface area contributed by atoms with E-state index in [1.807, 2.05) is 31.2 Å². The van der Waals surface area contributed by atoms with Gasteiger partial charge in [0.05, 0.1) is 0 Å². The third kappa shape index (κ3) is 4.59. The summed E-state index contributed by atoms with van der Waals surface area (Å²) < 4.78 is 0. The SMILES string of the molecule is Cc1ccc(CNC(=O)C(=O)N[C@H]2CCCC[C@H]2C)cc1. The molecule has 2 rings (SSSR count). The Kier molecular flexibility index (Phi) is 5.37. The molecule has 0 spiro atoms. The number of rotatable bonds is 3. The van der Waals surface area contributed by atoms with E-state index in [0.29, 0.717) is 12.5 Å². The van der Waals surface area contributed by atoms with Crippen molar-refractivity contribution in [3.63, 3.8) is 0 Å². The topological polar surface area (TPSA) is 58.2 Å². The van der Waals surface area contributed by atoms with Gasteiger partial charge in [0, 0.05) is 12.6 Å². The second kappa shape index (κ2) is 7.25. The minimum Gasteiger partial charge on any atom is -0.345 e. The summed E-state index contributed by atoms with van der Waals surface area (Å²) in [5.41, 5.74) is 2.17. The Labute approximate surface area is 126 Å². The van der Waals surface area contributed by atoms with E-state index in [1.54, 1.807) is 0 Å². The number of hydrogen-bond donors (Lipinski definition) is 2. The highest BCUT2D eigenvalue weighted by Gasteiger charge is 2.25. The average molecular weight is 288 g/mol. The quantitative estimate of drug-likeness (QED) is 0.839. The van der Waals surface area contributed by atoms with Crippen molar-refractivity contribution in [1.82, 2.24) is 10.6 Å². The van der Waals surface area contributed by atoms with Crippen LogP contribution in [0.1, 0.15) is 43.7 Å². The first kappa shape index (κ1) is 15.5. The molecule has 0 heterocycles. The van der Waals surface area contributed by atoms with Crippen LogP contribution in [0.5, 0.6) is 0 Å². The van der Waals surface area contributed by atoms with Crippen molar-refractivity contribution in [1.29, 1.82) is 0 Å². The molecule has 2 N–H and O–H groups in total. The molecule has 0 radical (unpaired) electrons. The van der Waals surface area contributed by atoms with E-state index in [4.69, 9.17) is 0 Å². The van der Waals surface area contributed by atoms with Gasteiger partial charge in [-0.05, 0) is 31.2 Å². The molecule has 1 aromatic carbocycles. The summed E-state index contributed by atoms with van der Waals surface area (Å²) in [6, 6.07) is 8.03. The Bertz CT molecular complexity index is 496. The van der Waals surface area contributed by atoms with Gasteiger partial charge in [-0.3, -0.25) is 9.59 Å². The molecule has 1 aliphatic carbocycles. The highest BCUT2D eigenvalue weighted by atomic mass is 16.2. The van der Waals surface area contributed by atoms with Gasteiger partial charge < -0.3 is 10.6 Å². The smallest absolute Gasteiger partial charge is 0.309 e. The number of carbonyl (C=O) groups excluding carboxylic acids is 2. The van der Waals surface area contributed by atoms with Gasteiger partial charge in [0.2, 0.25) is 0 Å². The van der Waals surface area contributed by atoms with Gasteiger partial charge in [0.1, 0.15) is 0 Å². The molecule has 114 valence electrons. The third-order valence-electron chi connectivity index (χ3n) is 4.21. The summed E-state index contributed by atoms with van der Waals surface area (Å²) in [5, 5.41) is 5.53. The third-order valence-corrected chi connectivity index (χ3v) is 4.21. The molecule has 0 unspecified atom stereocenters. The number of hydrogen-bond acceptors (Lipinski definition) is 2. The van der Waals surface area contributed by atoms with Crippen LogP contribution >= 0.6 is 0 Å². The summed E-state index contributed by atoms with van der Waals surface area (Å²) in [7, 11) is 0. The predicted molar refractivity (Wildman–Crippen MR) is 82.6 cm³/mol. The van der Waals surface area contributed by atoms with Crippen LogP contribution in [-0.2, 0) is 16.1 Å². The van der Waals surface area contributed by atoms with Crippen molar-refractivity contribution < 1.29 is 9.59 Å². The fourth-order valence-electron chi connectivity index (χ4n) is 2.73. The standard InChI is InChI=1S/C17H24N2O2/c1-12-7-9-14(10-8-12)11-18-16(20)17(21)19-15-6-4-3-5-13(15)2/h7-10,13,15H,3-6,11H2,1-2H3,(H,18,20)(H,19,21)/t13-,15+/m1/s1. The van der Waals surface area contributed by atoms with E-state index in [2.05, 4.69) is 17.6 Å². The summed E-state index contributed by atoms with van der Waals surface area (Å²) in [4.78, 5) is 23.7. The molecule has 2 amide bonds. The molecular formula is C17H24N2O2. The molecule has 4 heteroatoms. The second-order valence-electron chi connectivity index (χ2n) is 6.01. The lowest BCUT2D eigenvalue weighted by Gasteiger charge is -2.29. The Balaban J connectivity index is 1.79. The highest BCUT2D eigenvalue weighted by molar-refractivity contribution is 6.35. The van der Waals surface area contributed by atoms with Crippen molar-refractivity contribution >= 4 is 11.8 Å². The highest BCUT2D eigenvalue weighted by Crippen LogP contribution is 2.23. The Morgan fingerprint density at radius 1 is 1.10 bits per heavy atom. The molecule has 0 saturated heterocycles. The fourth-order valence-corrected chi connectivity index (χ4v) is 2.73. The van der Waals surface area contributed by atoms with E-state index in [9.17, 15) is 9.59 Å². The molecule has 1 aromatic rings. The van der Waals surface area contributed by atoms with Crippen molar-refractivity contribution in [3.8, 4) is 0 Å². The van der Waals surface area contributed by atoms with Gasteiger partial charge in [0.25, 0.3) is 0 Å². The lowest BCUT2D eigenvalue weighted by atomic mass is 9.86. The Hall–Kier alpha value is -1.84. The molecule has 2 atom stereocenters. The number of amides is 2. The van der Waals surface area contributed by atoms with E-state index in [1.165, 1.54) is 12.0 Å². The maximum absolute atomic E-state index is 11.9. The first-order valence-electron chi connectivity index (χ1n) is 7.70. The Morgan fingerprint density at radius 3 is 2.43 bits per heavy atom. The minimum atomic E-state index is -0.548. The van der Waals surface area contributed by atoms with Crippen LogP contribution in [0.3, 0.4) is 0 Å². The predicted octanol–water partition coefficient (Wildman–Crippen LogP) is 2.31. The Morgan fingerprint density at radius 2 is 1.76 bits per heavy atom. The normalized spacial score (nSPS) is 21.6. The van der Waals surface area contributed by atoms with Gasteiger partial charge in [0.15, 0.2) is 0 Å². The summed E-state index contributed by atoms with van der Waals surface area (Å²) in [6.45, 7) is 4.53. The molecule has 0 bridgehead atoms. The maximum atomic E-state index is 11.9. The van der Waals surface area contributed by atoms with Crippen LogP contribution in [0.2, 0.25) is 0 Å². The zero-order valence-corrected chi connectivity index (χ0v) is 12.8. The van der Waals surface area contributed by atoms with Gasteiger partial charge in [-0.1, -0.05) is 49.6 Å². The molecule has 1 fully saturated rings. The molecule has 21 heavy (non-hydrogen) atoms. The summed E-state index contributed by atoms with van der Waals surface area (Å²) in [5.74, 6) is -0.609. The van der Waals surface area contributed by atoms with Gasteiger partial charge >= 0.3 is 11.8 Å². The van der Waals surface area contributed by atoms with Crippen LogP contribution in [0.4, 0.5) is 0 Å². The van der Waals surface area contributed by atoms with E-state index < -0.39 is 11.8 Å². The van der Waals surface area contributed by atoms with Crippen LogP contribution in [0, 0.1) is 12.8 Å². The second-order valence-corrected chi connectivity index (χ2v) is 6.01. The number of carbonyl (C=O) groups is 2. The van der Waals surface area contributed by atoms with Crippen molar-refractivity contribution in [2.75, 3.05) is 0 Å². The summed E-state index contributed by atoms with van der Waals surface area (Å²) >= 11 is 0. The monoisotopic (exact) mass is 288 g/mol. The molecule has 1 aliphatic rings. The first-order valence-corrected chi connectivity index (χ1v) is 7.70. The lowest BCUT2D eigenvalue weighted by molar-refractivity contribution is -0.140. The van der Waals surface area contributed by atoms with E-state index in [-0.39, 0.29) is 6.04 Å². The van der Waals surface area contributed by atoms with Crippen molar-refractivity contribution in [2.45, 2.75) is 52.1 Å². The van der Waals surface area contributed by atoms with Gasteiger partial charge in [-0.2, -0.15) is 0 Å². The molecule has 0 aromatic heterocycles. The molecule has 0 aliphatic heterocycles. The van der Waals surface area contributed by atoms with Crippen molar-refractivity contribution in [3.05, 3.63) is 35.4 Å². The fraction of sp³-hybridized carbons (Fsp3) is 0.529. The molecule has 1 saturated carbocycles. The van der Waals surface area contributed by atoms with Crippen LogP contribution in [0.25, 0.3) is 0 Å². The van der Waals surface area contributed by atoms with E-state index in [0.717, 1.165) is 24.8 Å². The lowest BCUT2D eigenvalue weighted by Crippen LogP contribution is -2.47. The molecular weight excluding hydrogens is 264 g/mol. The van der Waals surface area contributed by atoms with Gasteiger partial charge in [-0.25, -0.2) is 0 Å². The number of nitrogens with one attached hydrogen (secondary N) is 2. The number of benzene rings is 1. The van der Waals surface area contributed by atoms with Crippen molar-refractivity contribution in [2.24, 2.45) is 5.92 Å². The van der Waals surface area contributed by atoms with E-state index >= 15 is 0 Å². The minimum absolute atomic E-state index is 0.136. The zero-order chi connectivity index (χ0) is 15.2. The van der Waals surface area contributed by atoms with Crippen LogP contribution in [-0.4, -0.2) is 17.9 Å². The largest absolute Gasteiger partial charge is 0.345 e. The van der Waals surface area contributed by atoms with Gasteiger partial charge in [-0.15, -0.1) is 0 Å². The zero-order valence-electron chi connectivity index (χ0n) is 12.8. The first-order chi connectivity index (χ1) is 10.1. The van der Waals surface area contributed by atoms with Crippen LogP contribution < -0.4 is 10.6 Å². The van der Waals surface area contributed by atoms with Crippen LogP contribution in [0.15, 0.2) is 24.3 Å². The average Bonchev–Trinajstić information content (AvgIpc) is 2.48. The molecule has 4 nitrogen and oxygen atoms in total.